The van der Waals surface area contributed by atoms with Crippen LogP contribution in [0.15, 0.2) is 42.6 Å². The summed E-state index contributed by atoms with van der Waals surface area (Å²) in [5.41, 5.74) is 3.26. The van der Waals surface area contributed by atoms with E-state index in [1.165, 1.54) is 6.42 Å². The summed E-state index contributed by atoms with van der Waals surface area (Å²) in [6.45, 7) is 6.22. The molecule has 2 aromatic carbocycles. The smallest absolute Gasteiger partial charge is 0.0825 e. The molecule has 2 N–H and O–H groups in total. The van der Waals surface area contributed by atoms with Crippen LogP contribution < -0.4 is 10.2 Å². The number of fused-ring (bicyclic) bond motifs is 1. The summed E-state index contributed by atoms with van der Waals surface area (Å²) in [6, 6.07) is 12.2. The van der Waals surface area contributed by atoms with E-state index in [4.69, 9.17) is 23.2 Å². The molecule has 1 fully saturated rings. The zero-order chi connectivity index (χ0) is 19.3. The van der Waals surface area contributed by atoms with E-state index in [0.717, 1.165) is 68.0 Å². The molecule has 0 aliphatic carbocycles. The first-order valence-electron chi connectivity index (χ1n) is 9.79. The fraction of sp³-hybridized carbons (Fsp3) is 0.381. The molecule has 1 aliphatic heterocycles. The first kappa shape index (κ1) is 19.4. The molecule has 0 atom stereocenters. The Morgan fingerprint density at radius 3 is 2.75 bits per heavy atom. The van der Waals surface area contributed by atoms with Crippen LogP contribution in [0.4, 0.5) is 11.4 Å². The molecule has 1 aliphatic rings. The summed E-state index contributed by atoms with van der Waals surface area (Å²) >= 11 is 12.5. The number of H-pyrrole nitrogens is 1. The van der Waals surface area contributed by atoms with Gasteiger partial charge in [0.25, 0.3) is 0 Å². The fourth-order valence-electron chi connectivity index (χ4n) is 3.69. The van der Waals surface area contributed by atoms with Crippen molar-refractivity contribution in [2.45, 2.75) is 12.8 Å². The van der Waals surface area contributed by atoms with Crippen molar-refractivity contribution >= 4 is 45.5 Å². The van der Waals surface area contributed by atoms with Crippen molar-refractivity contribution in [3.63, 3.8) is 0 Å². The Balaban J connectivity index is 1.16. The molecule has 4 rings (SSSR count). The van der Waals surface area contributed by atoms with Gasteiger partial charge >= 0.3 is 0 Å². The van der Waals surface area contributed by atoms with E-state index in [0.29, 0.717) is 10.0 Å². The molecule has 1 saturated heterocycles. The lowest BCUT2D eigenvalue weighted by Crippen LogP contribution is -2.46. The molecule has 7 heteroatoms. The number of benzene rings is 2. The number of nitrogens with one attached hydrogen (secondary N) is 2. The highest BCUT2D eigenvalue weighted by Gasteiger charge is 2.19. The lowest BCUT2D eigenvalue weighted by molar-refractivity contribution is 0.254. The molecule has 5 nitrogen and oxygen atoms in total. The molecular weight excluding hydrogens is 393 g/mol. The second kappa shape index (κ2) is 9.03. The lowest BCUT2D eigenvalue weighted by atomic mass is 10.2. The minimum atomic E-state index is 0.626. The molecule has 0 saturated carbocycles. The van der Waals surface area contributed by atoms with Crippen LogP contribution >= 0.6 is 23.2 Å². The number of hydrogen-bond acceptors (Lipinski definition) is 4. The predicted octanol–water partition coefficient (Wildman–Crippen LogP) is 4.88. The molecule has 0 spiro atoms. The minimum Gasteiger partial charge on any atom is -0.385 e. The minimum absolute atomic E-state index is 0.626. The number of aromatic nitrogens is 2. The zero-order valence-corrected chi connectivity index (χ0v) is 17.3. The number of anilines is 2. The average molecular weight is 418 g/mol. The predicted molar refractivity (Wildman–Crippen MR) is 119 cm³/mol. The highest BCUT2D eigenvalue weighted by atomic mass is 35.5. The van der Waals surface area contributed by atoms with E-state index >= 15 is 0 Å². The number of piperazine rings is 1. The van der Waals surface area contributed by atoms with Crippen LogP contribution in [0, 0.1) is 0 Å². The van der Waals surface area contributed by atoms with Gasteiger partial charge in [0.2, 0.25) is 0 Å². The highest BCUT2D eigenvalue weighted by Crippen LogP contribution is 2.32. The van der Waals surface area contributed by atoms with Crippen molar-refractivity contribution in [2.75, 3.05) is 49.5 Å². The molecule has 148 valence electrons. The Kier molecular flexibility index (Phi) is 6.25. The van der Waals surface area contributed by atoms with Crippen LogP contribution in [0.3, 0.4) is 0 Å². The Hall–Kier alpha value is -1.95. The van der Waals surface area contributed by atoms with Crippen LogP contribution in [0.5, 0.6) is 0 Å². The number of unbranched alkanes of at least 4 members (excludes halogenated alkanes) is 1. The maximum absolute atomic E-state index is 6.36. The van der Waals surface area contributed by atoms with Crippen molar-refractivity contribution < 1.29 is 0 Å². The normalized spacial score (nSPS) is 15.3. The van der Waals surface area contributed by atoms with Gasteiger partial charge in [0.1, 0.15) is 0 Å². The van der Waals surface area contributed by atoms with E-state index in [-0.39, 0.29) is 0 Å². The quantitative estimate of drug-likeness (QED) is 0.537. The van der Waals surface area contributed by atoms with Crippen LogP contribution in [0.1, 0.15) is 12.8 Å². The van der Waals surface area contributed by atoms with Crippen LogP contribution in [0.2, 0.25) is 10.0 Å². The summed E-state index contributed by atoms with van der Waals surface area (Å²) in [6.07, 6.45) is 4.19. The summed E-state index contributed by atoms with van der Waals surface area (Å²) in [5.74, 6) is 0. The highest BCUT2D eigenvalue weighted by molar-refractivity contribution is 6.43. The van der Waals surface area contributed by atoms with Crippen molar-refractivity contribution in [2.24, 2.45) is 0 Å². The van der Waals surface area contributed by atoms with Crippen LogP contribution in [-0.4, -0.2) is 54.4 Å². The van der Waals surface area contributed by atoms with Crippen molar-refractivity contribution in [3.05, 3.63) is 52.6 Å². The molecule has 28 heavy (non-hydrogen) atoms. The second-order valence-corrected chi connectivity index (χ2v) is 7.99. The first-order chi connectivity index (χ1) is 13.7. The zero-order valence-electron chi connectivity index (χ0n) is 15.8. The third-order valence-electron chi connectivity index (χ3n) is 5.32. The molecule has 0 unspecified atom stereocenters. The Morgan fingerprint density at radius 1 is 1.04 bits per heavy atom. The largest absolute Gasteiger partial charge is 0.385 e. The maximum Gasteiger partial charge on any atom is 0.0825 e. The van der Waals surface area contributed by atoms with Crippen molar-refractivity contribution in [3.8, 4) is 0 Å². The van der Waals surface area contributed by atoms with Gasteiger partial charge in [-0.2, -0.15) is 5.10 Å². The van der Waals surface area contributed by atoms with E-state index in [2.05, 4.69) is 49.6 Å². The molecule has 2 heterocycles. The topological polar surface area (TPSA) is 47.2 Å². The van der Waals surface area contributed by atoms with Gasteiger partial charge in [0.15, 0.2) is 0 Å². The molecule has 1 aromatic heterocycles. The Morgan fingerprint density at radius 2 is 1.89 bits per heavy atom. The van der Waals surface area contributed by atoms with Gasteiger partial charge in [-0.1, -0.05) is 29.3 Å². The standard InChI is InChI=1S/C21H25Cl2N5/c22-18-4-3-5-20(21(18)23)28-12-10-27(11-13-28)9-2-1-8-24-17-7-6-16-15-25-26-19(16)14-17/h3-7,14-15,24H,1-2,8-13H2,(H,25,26). The first-order valence-corrected chi connectivity index (χ1v) is 10.5. The summed E-state index contributed by atoms with van der Waals surface area (Å²) in [7, 11) is 0. The Labute approximate surface area is 175 Å². The molecule has 3 aromatic rings. The van der Waals surface area contributed by atoms with Crippen molar-refractivity contribution in [1.29, 1.82) is 0 Å². The lowest BCUT2D eigenvalue weighted by Gasteiger charge is -2.36. The number of nitrogens with zero attached hydrogens (tertiary/aromatic N) is 3. The maximum atomic E-state index is 6.36. The van der Waals surface area contributed by atoms with Crippen LogP contribution in [0.25, 0.3) is 10.9 Å². The van der Waals surface area contributed by atoms with Crippen molar-refractivity contribution in [1.82, 2.24) is 15.1 Å². The molecule has 0 amide bonds. The van der Waals surface area contributed by atoms with Gasteiger partial charge in [0.05, 0.1) is 27.4 Å². The third-order valence-corrected chi connectivity index (χ3v) is 6.13. The average Bonchev–Trinajstić information content (AvgIpc) is 3.18. The second-order valence-electron chi connectivity index (χ2n) is 7.21. The van der Waals surface area contributed by atoms with Gasteiger partial charge in [-0.25, -0.2) is 0 Å². The van der Waals surface area contributed by atoms with Gasteiger partial charge in [-0.3, -0.25) is 10.00 Å². The summed E-state index contributed by atoms with van der Waals surface area (Å²) < 4.78 is 0. The summed E-state index contributed by atoms with van der Waals surface area (Å²) in [4.78, 5) is 4.86. The molecule has 0 radical (unpaired) electrons. The third kappa shape index (κ3) is 4.54. The molecular formula is C21H25Cl2N5. The number of rotatable bonds is 7. The van der Waals surface area contributed by atoms with Gasteiger partial charge in [-0.15, -0.1) is 0 Å². The number of hydrogen-bond donors (Lipinski definition) is 2. The van der Waals surface area contributed by atoms with E-state index < -0.39 is 0 Å². The van der Waals surface area contributed by atoms with E-state index in [9.17, 15) is 0 Å². The van der Waals surface area contributed by atoms with Gasteiger partial charge in [-0.05, 0) is 49.7 Å². The number of aromatic amines is 1. The van der Waals surface area contributed by atoms with E-state index in [1.807, 2.05) is 18.3 Å². The molecule has 0 bridgehead atoms. The van der Waals surface area contributed by atoms with Gasteiger partial charge < -0.3 is 10.2 Å². The Bertz CT molecular complexity index is 918. The summed E-state index contributed by atoms with van der Waals surface area (Å²) in [5, 5.41) is 13.0. The monoisotopic (exact) mass is 417 g/mol. The van der Waals surface area contributed by atoms with Gasteiger partial charge in [0, 0.05) is 43.8 Å². The van der Waals surface area contributed by atoms with E-state index in [1.54, 1.807) is 0 Å². The SMILES string of the molecule is Clc1cccc(N2CCN(CCCCNc3ccc4cn[nH]c4c3)CC2)c1Cl. The number of halogens is 2. The fourth-order valence-corrected chi connectivity index (χ4v) is 4.10. The van der Waals surface area contributed by atoms with Crippen LogP contribution in [-0.2, 0) is 0 Å².